The molecule has 2 atom stereocenters. The molecule has 4 rings (SSSR count). The molecule has 0 spiro atoms. The van der Waals surface area contributed by atoms with E-state index in [1.165, 1.54) is 4.90 Å². The average molecular weight is 425 g/mol. The molecule has 0 radical (unpaired) electrons. The van der Waals surface area contributed by atoms with Crippen LogP contribution in [0.1, 0.15) is 36.8 Å². The molecule has 2 aliphatic rings. The van der Waals surface area contributed by atoms with Crippen LogP contribution in [0.3, 0.4) is 0 Å². The average Bonchev–Trinajstić information content (AvgIpc) is 3.35. The summed E-state index contributed by atoms with van der Waals surface area (Å²) in [5.41, 5.74) is 4.61. The van der Waals surface area contributed by atoms with Crippen LogP contribution in [0, 0.1) is 0 Å². The van der Waals surface area contributed by atoms with E-state index >= 15 is 0 Å². The van der Waals surface area contributed by atoms with Crippen molar-refractivity contribution in [3.8, 4) is 11.1 Å². The van der Waals surface area contributed by atoms with Crippen LogP contribution in [-0.2, 0) is 14.3 Å². The van der Waals surface area contributed by atoms with Crippen molar-refractivity contribution >= 4 is 29.7 Å². The number of amides is 2. The van der Waals surface area contributed by atoms with Gasteiger partial charge in [0.1, 0.15) is 12.6 Å². The number of hydrogen-bond acceptors (Lipinski definition) is 4. The van der Waals surface area contributed by atoms with Gasteiger partial charge >= 0.3 is 6.09 Å². The minimum atomic E-state index is -0.703. The molecule has 2 amide bonds. The van der Waals surface area contributed by atoms with Crippen LogP contribution in [-0.4, -0.2) is 47.3 Å². The molecule has 7 heteroatoms. The van der Waals surface area contributed by atoms with Gasteiger partial charge in [0.2, 0.25) is 11.0 Å². The maximum absolute atomic E-state index is 12.8. The Morgan fingerprint density at radius 1 is 1.10 bits per heavy atom. The molecule has 0 bridgehead atoms. The largest absolute Gasteiger partial charge is 0.448 e. The second-order valence-electron chi connectivity index (χ2n) is 7.72. The topological polar surface area (TPSA) is 75.7 Å². The van der Waals surface area contributed by atoms with Crippen LogP contribution in [0.25, 0.3) is 11.1 Å². The standard InChI is InChI=1S/C23H24N2O4S/c1-14(22(27)30)24-21(26)20-11-6-12-25(20)23(28)29-13-19-17-9-4-2-7-15(17)16-8-3-5-10-18(16)19/h2-5,7-10,14,19-20H,6,11-13H2,1H3,(H,24,26)(H,27,30)/t14-,20-/m0/s1. The predicted octanol–water partition coefficient (Wildman–Crippen LogP) is 3.36. The highest BCUT2D eigenvalue weighted by Gasteiger charge is 2.37. The van der Waals surface area contributed by atoms with Crippen molar-refractivity contribution in [1.29, 1.82) is 0 Å². The van der Waals surface area contributed by atoms with Crippen molar-refractivity contribution in [3.05, 3.63) is 59.7 Å². The van der Waals surface area contributed by atoms with Crippen LogP contribution in [0.15, 0.2) is 48.5 Å². The Hall–Kier alpha value is -2.80. The predicted molar refractivity (Wildman–Crippen MR) is 116 cm³/mol. The molecule has 1 aliphatic carbocycles. The number of fused-ring (bicyclic) bond motifs is 3. The van der Waals surface area contributed by atoms with Gasteiger partial charge in [0, 0.05) is 12.5 Å². The number of rotatable bonds is 5. The minimum Gasteiger partial charge on any atom is -0.448 e. The van der Waals surface area contributed by atoms with Crippen LogP contribution in [0.4, 0.5) is 4.79 Å². The number of carbonyl (C=O) groups excluding carboxylic acids is 3. The number of nitrogens with one attached hydrogen (secondary N) is 1. The van der Waals surface area contributed by atoms with Gasteiger partial charge in [0.05, 0.1) is 6.04 Å². The number of hydrogen-bond donors (Lipinski definition) is 2. The third kappa shape index (κ3) is 3.81. The Balaban J connectivity index is 1.45. The normalized spacial score (nSPS) is 18.5. The number of benzene rings is 2. The SMILES string of the molecule is C[C@H](NC(=O)[C@@H]1CCCN1C(=O)OCC1c2ccccc2-c2ccccc21)C(=O)S. The van der Waals surface area contributed by atoms with Gasteiger partial charge in [-0.25, -0.2) is 4.79 Å². The Labute approximate surface area is 181 Å². The minimum absolute atomic E-state index is 0.0296. The van der Waals surface area contributed by atoms with Gasteiger partial charge in [0.25, 0.3) is 0 Å². The molecule has 0 aromatic heterocycles. The molecule has 2 aromatic carbocycles. The number of thiol groups is 1. The summed E-state index contributed by atoms with van der Waals surface area (Å²) in [4.78, 5) is 38.1. The first-order valence-corrected chi connectivity index (χ1v) is 10.6. The molecule has 30 heavy (non-hydrogen) atoms. The van der Waals surface area contributed by atoms with E-state index in [9.17, 15) is 14.4 Å². The molecular weight excluding hydrogens is 400 g/mol. The molecule has 0 unspecified atom stereocenters. The van der Waals surface area contributed by atoms with Crippen LogP contribution in [0.5, 0.6) is 0 Å². The lowest BCUT2D eigenvalue weighted by molar-refractivity contribution is -0.127. The first-order chi connectivity index (χ1) is 14.5. The van der Waals surface area contributed by atoms with E-state index in [0.717, 1.165) is 22.3 Å². The molecule has 1 aliphatic heterocycles. The van der Waals surface area contributed by atoms with Gasteiger partial charge in [-0.3, -0.25) is 14.5 Å². The Kier molecular flexibility index (Phi) is 5.81. The fraction of sp³-hybridized carbons (Fsp3) is 0.348. The van der Waals surface area contributed by atoms with Crippen molar-refractivity contribution in [1.82, 2.24) is 10.2 Å². The van der Waals surface area contributed by atoms with Crippen LogP contribution in [0.2, 0.25) is 0 Å². The maximum Gasteiger partial charge on any atom is 0.410 e. The Bertz CT molecular complexity index is 947. The van der Waals surface area contributed by atoms with Crippen molar-refractivity contribution in [2.24, 2.45) is 0 Å². The van der Waals surface area contributed by atoms with Crippen molar-refractivity contribution < 1.29 is 19.1 Å². The van der Waals surface area contributed by atoms with E-state index in [1.54, 1.807) is 6.92 Å². The van der Waals surface area contributed by atoms with Gasteiger partial charge < -0.3 is 10.1 Å². The van der Waals surface area contributed by atoms with Gasteiger partial charge in [-0.2, -0.15) is 0 Å². The molecule has 156 valence electrons. The molecule has 0 saturated carbocycles. The van der Waals surface area contributed by atoms with Crippen molar-refractivity contribution in [3.63, 3.8) is 0 Å². The first kappa shape index (κ1) is 20.5. The Morgan fingerprint density at radius 3 is 2.30 bits per heavy atom. The molecule has 1 fully saturated rings. The quantitative estimate of drug-likeness (QED) is 0.722. The van der Waals surface area contributed by atoms with E-state index in [2.05, 4.69) is 42.2 Å². The van der Waals surface area contributed by atoms with E-state index in [4.69, 9.17) is 4.74 Å². The summed E-state index contributed by atoms with van der Waals surface area (Å²) in [5, 5.41) is 2.19. The fourth-order valence-electron chi connectivity index (χ4n) is 4.31. The highest BCUT2D eigenvalue weighted by atomic mass is 32.1. The molecule has 2 aromatic rings. The monoisotopic (exact) mass is 424 g/mol. The first-order valence-electron chi connectivity index (χ1n) is 10.1. The Morgan fingerprint density at radius 2 is 1.70 bits per heavy atom. The van der Waals surface area contributed by atoms with Crippen LogP contribution < -0.4 is 5.32 Å². The molecular formula is C23H24N2O4S. The smallest absolute Gasteiger partial charge is 0.410 e. The van der Waals surface area contributed by atoms with Crippen LogP contribution >= 0.6 is 12.6 Å². The van der Waals surface area contributed by atoms with E-state index in [0.29, 0.717) is 19.4 Å². The zero-order valence-corrected chi connectivity index (χ0v) is 17.6. The molecule has 6 nitrogen and oxygen atoms in total. The molecule has 1 N–H and O–H groups in total. The highest BCUT2D eigenvalue weighted by Crippen LogP contribution is 2.44. The number of nitrogens with zero attached hydrogens (tertiary/aromatic N) is 1. The van der Waals surface area contributed by atoms with Crippen molar-refractivity contribution in [2.75, 3.05) is 13.2 Å². The van der Waals surface area contributed by atoms with Gasteiger partial charge in [-0.15, -0.1) is 12.6 Å². The van der Waals surface area contributed by atoms with E-state index in [1.807, 2.05) is 24.3 Å². The summed E-state index contributed by atoms with van der Waals surface area (Å²) < 4.78 is 5.68. The third-order valence-corrected chi connectivity index (χ3v) is 6.24. The number of ether oxygens (including phenoxy) is 1. The fourth-order valence-corrected chi connectivity index (χ4v) is 4.37. The third-order valence-electron chi connectivity index (χ3n) is 5.86. The zero-order chi connectivity index (χ0) is 21.3. The lowest BCUT2D eigenvalue weighted by Gasteiger charge is -2.25. The van der Waals surface area contributed by atoms with E-state index < -0.39 is 23.3 Å². The summed E-state index contributed by atoms with van der Waals surface area (Å²) in [6, 6.07) is 15.0. The number of likely N-dealkylation sites (tertiary alicyclic amines) is 1. The van der Waals surface area contributed by atoms with Gasteiger partial charge in [0.15, 0.2) is 0 Å². The summed E-state index contributed by atoms with van der Waals surface area (Å²) in [6.45, 7) is 2.24. The maximum atomic E-state index is 12.8. The van der Waals surface area contributed by atoms with Gasteiger partial charge in [-0.05, 0) is 42.0 Å². The summed E-state index contributed by atoms with van der Waals surface area (Å²) in [5.74, 6) is -0.381. The summed E-state index contributed by atoms with van der Waals surface area (Å²) in [7, 11) is 0. The van der Waals surface area contributed by atoms with Crippen molar-refractivity contribution in [2.45, 2.75) is 37.8 Å². The van der Waals surface area contributed by atoms with E-state index in [-0.39, 0.29) is 18.4 Å². The highest BCUT2D eigenvalue weighted by molar-refractivity contribution is 7.96. The lowest BCUT2D eigenvalue weighted by Crippen LogP contribution is -2.49. The molecule has 1 saturated heterocycles. The van der Waals surface area contributed by atoms with Gasteiger partial charge in [-0.1, -0.05) is 48.5 Å². The summed E-state index contributed by atoms with van der Waals surface area (Å²) >= 11 is 3.74. The molecule has 1 heterocycles. The summed E-state index contributed by atoms with van der Waals surface area (Å²) in [6.07, 6.45) is 0.758. The second kappa shape index (κ2) is 8.52. The number of carbonyl (C=O) groups is 3. The lowest BCUT2D eigenvalue weighted by atomic mass is 9.98. The second-order valence-corrected chi connectivity index (χ2v) is 8.16. The zero-order valence-electron chi connectivity index (χ0n) is 16.7.